The summed E-state index contributed by atoms with van der Waals surface area (Å²) in [7, 11) is 0. The van der Waals surface area contributed by atoms with Gasteiger partial charge in [0.1, 0.15) is 6.10 Å². The van der Waals surface area contributed by atoms with Crippen LogP contribution >= 0.6 is 0 Å². The van der Waals surface area contributed by atoms with Gasteiger partial charge in [-0.25, -0.2) is 0 Å². The summed E-state index contributed by atoms with van der Waals surface area (Å²) < 4.78 is 5.75. The van der Waals surface area contributed by atoms with Crippen LogP contribution in [0.2, 0.25) is 0 Å². The van der Waals surface area contributed by atoms with Crippen molar-refractivity contribution >= 4 is 0 Å². The van der Waals surface area contributed by atoms with E-state index in [4.69, 9.17) is 9.57 Å². The van der Waals surface area contributed by atoms with E-state index in [-0.39, 0.29) is 12.1 Å². The molecule has 0 aliphatic carbocycles. The Morgan fingerprint density at radius 1 is 0.963 bits per heavy atom. The van der Waals surface area contributed by atoms with Crippen molar-refractivity contribution in [1.82, 2.24) is 5.48 Å². The lowest BCUT2D eigenvalue weighted by Gasteiger charge is -2.21. The van der Waals surface area contributed by atoms with E-state index in [9.17, 15) is 0 Å². The molecule has 2 aromatic rings. The van der Waals surface area contributed by atoms with E-state index in [1.807, 2.05) is 30.3 Å². The number of hydroxylamine groups is 1. The molecule has 0 saturated carbocycles. The molecule has 0 aromatic heterocycles. The monoisotopic (exact) mass is 367 g/mol. The molecule has 0 fully saturated rings. The maximum Gasteiger partial charge on any atom is 0.104 e. The second kappa shape index (κ2) is 13.3. The fourth-order valence-corrected chi connectivity index (χ4v) is 2.95. The number of nitrogens with one attached hydrogen (secondary N) is 1. The topological polar surface area (TPSA) is 30.5 Å². The summed E-state index contributed by atoms with van der Waals surface area (Å²) in [6.07, 6.45) is 7.19. The Hall–Kier alpha value is -1.94. The fourth-order valence-electron chi connectivity index (χ4n) is 2.95. The zero-order valence-corrected chi connectivity index (χ0v) is 16.5. The molecule has 0 saturated heterocycles. The third-order valence-electron chi connectivity index (χ3n) is 4.53. The van der Waals surface area contributed by atoms with E-state index >= 15 is 0 Å². The maximum absolute atomic E-state index is 6.01. The average Bonchev–Trinajstić information content (AvgIpc) is 2.73. The zero-order valence-electron chi connectivity index (χ0n) is 16.5. The van der Waals surface area contributed by atoms with Gasteiger partial charge in [-0.2, -0.15) is 5.48 Å². The Labute approximate surface area is 164 Å². The average molecular weight is 368 g/mol. The molecule has 146 valence electrons. The van der Waals surface area contributed by atoms with Crippen molar-refractivity contribution in [2.45, 2.75) is 57.8 Å². The highest BCUT2D eigenvalue weighted by atomic mass is 16.7. The van der Waals surface area contributed by atoms with Gasteiger partial charge in [0.15, 0.2) is 0 Å². The first-order valence-corrected chi connectivity index (χ1v) is 10.0. The van der Waals surface area contributed by atoms with Gasteiger partial charge < -0.3 is 4.74 Å². The van der Waals surface area contributed by atoms with E-state index in [1.54, 1.807) is 0 Å². The number of unbranched alkanes of at least 4 members (excludes halogenated alkanes) is 1. The van der Waals surface area contributed by atoms with Gasteiger partial charge in [0.25, 0.3) is 0 Å². The summed E-state index contributed by atoms with van der Waals surface area (Å²) in [5.74, 6) is 0. The van der Waals surface area contributed by atoms with E-state index in [1.165, 1.54) is 11.1 Å². The van der Waals surface area contributed by atoms with Gasteiger partial charge in [0, 0.05) is 12.6 Å². The van der Waals surface area contributed by atoms with Gasteiger partial charge >= 0.3 is 0 Å². The predicted octanol–water partition coefficient (Wildman–Crippen LogP) is 5.99. The van der Waals surface area contributed by atoms with E-state index in [2.05, 4.69) is 55.4 Å². The number of hydrogen-bond acceptors (Lipinski definition) is 3. The first-order chi connectivity index (χ1) is 13.3. The van der Waals surface area contributed by atoms with Gasteiger partial charge in [0.05, 0.1) is 6.61 Å². The van der Waals surface area contributed by atoms with Crippen LogP contribution in [-0.4, -0.2) is 12.6 Å². The Bertz CT molecular complexity index is 615. The van der Waals surface area contributed by atoms with Crippen LogP contribution in [0, 0.1) is 0 Å². The standard InChI is InChI=1S/C24H33NO2/c1-3-13-24(22-16-9-6-10-17-22)27-25-23(4-2)18-11-12-19-26-20-21-14-7-5-8-15-21/h4-10,14-17,23-25H,2-3,11-13,18-20H2,1H3/t23-,24-/m0/s1. The molecule has 3 heteroatoms. The number of hydrogen-bond donors (Lipinski definition) is 1. The summed E-state index contributed by atoms with van der Waals surface area (Å²) >= 11 is 0. The van der Waals surface area contributed by atoms with Crippen LogP contribution in [0.3, 0.4) is 0 Å². The molecule has 0 spiro atoms. The highest BCUT2D eigenvalue weighted by molar-refractivity contribution is 5.17. The molecule has 2 atom stereocenters. The molecule has 0 heterocycles. The fraction of sp³-hybridized carbons (Fsp3) is 0.417. The predicted molar refractivity (Wildman–Crippen MR) is 112 cm³/mol. The van der Waals surface area contributed by atoms with Crippen LogP contribution < -0.4 is 5.48 Å². The van der Waals surface area contributed by atoms with Crippen LogP contribution in [-0.2, 0) is 16.2 Å². The molecule has 0 unspecified atom stereocenters. The zero-order chi connectivity index (χ0) is 19.2. The highest BCUT2D eigenvalue weighted by Crippen LogP contribution is 2.21. The van der Waals surface area contributed by atoms with Crippen molar-refractivity contribution in [3.63, 3.8) is 0 Å². The summed E-state index contributed by atoms with van der Waals surface area (Å²) in [6, 6.07) is 20.8. The van der Waals surface area contributed by atoms with Gasteiger partial charge in [-0.1, -0.05) is 80.1 Å². The van der Waals surface area contributed by atoms with Gasteiger partial charge in [-0.05, 0) is 36.8 Å². The normalized spacial score (nSPS) is 13.2. The van der Waals surface area contributed by atoms with Crippen LogP contribution in [0.25, 0.3) is 0 Å². The molecule has 0 aliphatic heterocycles. The Kier molecular flexibility index (Phi) is 10.5. The van der Waals surface area contributed by atoms with Crippen molar-refractivity contribution in [2.24, 2.45) is 0 Å². The molecule has 2 aromatic carbocycles. The molecule has 0 radical (unpaired) electrons. The Morgan fingerprint density at radius 3 is 2.33 bits per heavy atom. The molecule has 27 heavy (non-hydrogen) atoms. The van der Waals surface area contributed by atoms with Crippen LogP contribution in [0.4, 0.5) is 0 Å². The highest BCUT2D eigenvalue weighted by Gasteiger charge is 2.13. The van der Waals surface area contributed by atoms with Crippen LogP contribution in [0.15, 0.2) is 73.3 Å². The van der Waals surface area contributed by atoms with E-state index < -0.39 is 0 Å². The number of ether oxygens (including phenoxy) is 1. The summed E-state index contributed by atoms with van der Waals surface area (Å²) in [4.78, 5) is 6.01. The van der Waals surface area contributed by atoms with Crippen molar-refractivity contribution in [3.05, 3.63) is 84.4 Å². The molecular weight excluding hydrogens is 334 g/mol. The van der Waals surface area contributed by atoms with Crippen LogP contribution in [0.1, 0.15) is 56.3 Å². The quantitative estimate of drug-likeness (QED) is 0.253. The second-order valence-electron chi connectivity index (χ2n) is 6.80. The molecule has 0 aliphatic rings. The van der Waals surface area contributed by atoms with E-state index in [0.717, 1.165) is 38.7 Å². The minimum atomic E-state index is 0.0767. The van der Waals surface area contributed by atoms with E-state index in [0.29, 0.717) is 6.61 Å². The molecule has 1 N–H and O–H groups in total. The third kappa shape index (κ3) is 8.53. The molecular formula is C24H33NO2. The third-order valence-corrected chi connectivity index (χ3v) is 4.53. The number of benzene rings is 2. The number of rotatable bonds is 14. The summed E-state index contributed by atoms with van der Waals surface area (Å²) in [5, 5.41) is 0. The summed E-state index contributed by atoms with van der Waals surface area (Å²) in [6.45, 7) is 7.58. The second-order valence-corrected chi connectivity index (χ2v) is 6.80. The SMILES string of the molecule is C=C[C@@H](CCCCOCc1ccccc1)NO[C@@H](CCC)c1ccccc1. The smallest absolute Gasteiger partial charge is 0.104 e. The molecule has 2 rings (SSSR count). The minimum Gasteiger partial charge on any atom is -0.377 e. The van der Waals surface area contributed by atoms with Crippen molar-refractivity contribution in [1.29, 1.82) is 0 Å². The first kappa shape index (κ1) is 21.4. The van der Waals surface area contributed by atoms with Crippen molar-refractivity contribution in [2.75, 3.05) is 6.61 Å². The molecule has 0 bridgehead atoms. The van der Waals surface area contributed by atoms with Crippen LogP contribution in [0.5, 0.6) is 0 Å². The van der Waals surface area contributed by atoms with Gasteiger partial charge in [0.2, 0.25) is 0 Å². The minimum absolute atomic E-state index is 0.0767. The van der Waals surface area contributed by atoms with Gasteiger partial charge in [-0.3, -0.25) is 4.84 Å². The Morgan fingerprint density at radius 2 is 1.67 bits per heavy atom. The summed E-state index contributed by atoms with van der Waals surface area (Å²) in [5.41, 5.74) is 5.64. The van der Waals surface area contributed by atoms with Crippen molar-refractivity contribution in [3.8, 4) is 0 Å². The van der Waals surface area contributed by atoms with Crippen molar-refractivity contribution < 1.29 is 9.57 Å². The first-order valence-electron chi connectivity index (χ1n) is 10.0. The lowest BCUT2D eigenvalue weighted by atomic mass is 10.1. The lowest BCUT2D eigenvalue weighted by Crippen LogP contribution is -2.29. The largest absolute Gasteiger partial charge is 0.377 e. The Balaban J connectivity index is 1.63. The maximum atomic E-state index is 6.01. The van der Waals surface area contributed by atoms with Gasteiger partial charge in [-0.15, -0.1) is 6.58 Å². The molecule has 3 nitrogen and oxygen atoms in total. The molecule has 0 amide bonds. The lowest BCUT2D eigenvalue weighted by molar-refractivity contribution is -0.0439.